The molecule has 0 heterocycles. The van der Waals surface area contributed by atoms with Crippen molar-refractivity contribution in [2.45, 2.75) is 40.7 Å². The zero-order chi connectivity index (χ0) is 22.0. The minimum Gasteiger partial charge on any atom is -0.379 e. The highest BCUT2D eigenvalue weighted by Gasteiger charge is 2.25. The molecule has 0 aromatic rings. The van der Waals surface area contributed by atoms with Crippen molar-refractivity contribution >= 4 is 15.0 Å². The summed E-state index contributed by atoms with van der Waals surface area (Å²) in [6, 6.07) is 0. The van der Waals surface area contributed by atoms with Gasteiger partial charge >= 0.3 is 7.60 Å². The third-order valence-electron chi connectivity index (χ3n) is 3.61. The molecule has 0 saturated carbocycles. The molecule has 0 spiro atoms. The normalized spacial score (nSPS) is 15.3. The van der Waals surface area contributed by atoms with Gasteiger partial charge in [-0.3, -0.25) is 9.13 Å². The predicted octanol–water partition coefficient (Wildman–Crippen LogP) is 4.00. The van der Waals surface area contributed by atoms with Crippen LogP contribution in [0.5, 0.6) is 0 Å². The van der Waals surface area contributed by atoms with Crippen LogP contribution in [0.1, 0.15) is 34.6 Å². The van der Waals surface area contributed by atoms with E-state index in [1.165, 1.54) is 0 Å². The second kappa shape index (κ2) is 17.8. The lowest BCUT2D eigenvalue weighted by Gasteiger charge is -2.21. The maximum atomic E-state index is 12.7. The van der Waals surface area contributed by atoms with Gasteiger partial charge in [0.05, 0.1) is 58.6 Å². The second-order valence-electron chi connectivity index (χ2n) is 5.98. The summed E-state index contributed by atoms with van der Waals surface area (Å²) in [4.78, 5) is 0. The molecule has 0 fully saturated rings. The van der Waals surface area contributed by atoms with E-state index >= 15 is 0 Å². The highest BCUT2D eigenvalue weighted by Crippen LogP contribution is 2.47. The van der Waals surface area contributed by atoms with Crippen molar-refractivity contribution in [1.29, 1.82) is 0 Å². The van der Waals surface area contributed by atoms with Crippen molar-refractivity contribution < 1.29 is 41.6 Å². The summed E-state index contributed by atoms with van der Waals surface area (Å²) in [6.07, 6.45) is 0.172. The molecule has 2 atom stereocenters. The van der Waals surface area contributed by atoms with Gasteiger partial charge in [0.25, 0.3) is 0 Å². The van der Waals surface area contributed by atoms with E-state index in [-0.39, 0.29) is 44.6 Å². The van der Waals surface area contributed by atoms with Gasteiger partial charge in [0, 0.05) is 13.2 Å². The average molecular weight is 462 g/mol. The van der Waals surface area contributed by atoms with Crippen LogP contribution in [0.4, 0.5) is 0 Å². The molecule has 11 heteroatoms. The fraction of sp³-hybridized carbons (Fsp3) is 1.00. The van der Waals surface area contributed by atoms with Crippen molar-refractivity contribution in [3.63, 3.8) is 0 Å². The fourth-order valence-electron chi connectivity index (χ4n) is 2.34. The Hall–Kier alpha value is 0.180. The number of hydrogen-bond acceptors (Lipinski definition) is 9. The van der Waals surface area contributed by atoms with Gasteiger partial charge in [-0.05, 0) is 34.6 Å². The third kappa shape index (κ3) is 14.8. The van der Waals surface area contributed by atoms with Crippen molar-refractivity contribution in [3.8, 4) is 0 Å². The Morgan fingerprint density at radius 2 is 1.24 bits per heavy atom. The molecule has 9 nitrogen and oxygen atoms in total. The monoisotopic (exact) mass is 462 g/mol. The molecule has 0 saturated heterocycles. The molecule has 0 amide bonds. The average Bonchev–Trinajstić information content (AvgIpc) is 2.68. The zero-order valence-corrected chi connectivity index (χ0v) is 20.4. The highest BCUT2D eigenvalue weighted by atomic mass is 31.2. The molecule has 0 aliphatic heterocycles. The summed E-state index contributed by atoms with van der Waals surface area (Å²) in [7, 11) is -6.01. The van der Waals surface area contributed by atoms with Crippen LogP contribution in [-0.2, 0) is 41.6 Å². The first-order valence-corrected chi connectivity index (χ1v) is 14.1. The van der Waals surface area contributed by atoms with Gasteiger partial charge in [-0.25, -0.2) is 0 Å². The van der Waals surface area contributed by atoms with Gasteiger partial charge in [0.1, 0.15) is 12.5 Å². The van der Waals surface area contributed by atoms with Crippen molar-refractivity contribution in [2.24, 2.45) is 0 Å². The van der Waals surface area contributed by atoms with E-state index in [9.17, 15) is 9.13 Å². The summed E-state index contributed by atoms with van der Waals surface area (Å²) in [5.74, 6) is 0. The molecule has 0 N–H and O–H groups in total. The molecule has 0 rings (SSSR count). The molecule has 176 valence electrons. The lowest BCUT2D eigenvalue weighted by Crippen LogP contribution is -2.28. The first kappa shape index (κ1) is 29.2. The Morgan fingerprint density at radius 1 is 0.655 bits per heavy atom. The summed E-state index contributed by atoms with van der Waals surface area (Å²) >= 11 is 0. The Morgan fingerprint density at radius 3 is 1.79 bits per heavy atom. The van der Waals surface area contributed by atoms with Gasteiger partial charge in [-0.1, -0.05) is 0 Å². The first-order valence-electron chi connectivity index (χ1n) is 10.3. The number of hydrogen-bond donors (Lipinski definition) is 0. The summed E-state index contributed by atoms with van der Waals surface area (Å²) in [5, 5.41) is 0. The molecule has 0 aromatic heterocycles. The molecule has 2 unspecified atom stereocenters. The van der Waals surface area contributed by atoms with E-state index in [0.717, 1.165) is 0 Å². The zero-order valence-electron chi connectivity index (χ0n) is 18.6. The van der Waals surface area contributed by atoms with Crippen molar-refractivity contribution in [1.82, 2.24) is 0 Å². The van der Waals surface area contributed by atoms with Crippen LogP contribution in [0, 0.1) is 0 Å². The Balaban J connectivity index is 4.46. The Kier molecular flexibility index (Phi) is 17.9. The van der Waals surface area contributed by atoms with Crippen molar-refractivity contribution in [3.05, 3.63) is 0 Å². The van der Waals surface area contributed by atoms with E-state index < -0.39 is 15.0 Å². The van der Waals surface area contributed by atoms with Crippen LogP contribution in [0.15, 0.2) is 0 Å². The molecule has 0 radical (unpaired) electrons. The molecule has 29 heavy (non-hydrogen) atoms. The van der Waals surface area contributed by atoms with E-state index in [1.54, 1.807) is 20.8 Å². The topological polar surface area (TPSA) is 98.8 Å². The Labute approximate surface area is 176 Å². The summed E-state index contributed by atoms with van der Waals surface area (Å²) in [6.45, 7) is 12.1. The summed E-state index contributed by atoms with van der Waals surface area (Å²) < 4.78 is 63.2. The Bertz CT molecular complexity index is 466. The highest BCUT2D eigenvalue weighted by molar-refractivity contribution is 7.58. The molecule has 0 bridgehead atoms. The maximum Gasteiger partial charge on any atom is 0.332 e. The minimum absolute atomic E-state index is 0.0870. The molecule has 0 aromatic carbocycles. The molecular formula is C18H40O9P2. The van der Waals surface area contributed by atoms with Crippen LogP contribution in [0.2, 0.25) is 0 Å². The summed E-state index contributed by atoms with van der Waals surface area (Å²) in [5.41, 5.74) is 0. The lowest BCUT2D eigenvalue weighted by atomic mass is 10.4. The molecule has 0 aliphatic rings. The van der Waals surface area contributed by atoms with Crippen LogP contribution in [-0.4, -0.2) is 84.2 Å². The maximum absolute atomic E-state index is 12.7. The SMILES string of the molecule is CCOCC(COCCP(=O)(COCC)OCC)OCCP(=O)(OCC)OCC. The van der Waals surface area contributed by atoms with Gasteiger partial charge in [-0.2, -0.15) is 0 Å². The van der Waals surface area contributed by atoms with E-state index in [2.05, 4.69) is 0 Å². The van der Waals surface area contributed by atoms with Gasteiger partial charge < -0.3 is 32.5 Å². The van der Waals surface area contributed by atoms with Crippen LogP contribution in [0.25, 0.3) is 0 Å². The smallest absolute Gasteiger partial charge is 0.332 e. The fourth-order valence-corrected chi connectivity index (χ4v) is 5.45. The minimum atomic E-state index is -3.15. The predicted molar refractivity (Wildman–Crippen MR) is 113 cm³/mol. The van der Waals surface area contributed by atoms with Gasteiger partial charge in [-0.15, -0.1) is 0 Å². The third-order valence-corrected chi connectivity index (χ3v) is 7.82. The van der Waals surface area contributed by atoms with E-state index in [4.69, 9.17) is 32.5 Å². The molecular weight excluding hydrogens is 422 g/mol. The quantitative estimate of drug-likeness (QED) is 0.185. The standard InChI is InChI=1S/C18H40O9P2/c1-6-21-15-18(24-12-14-29(20,26-9-4)27-10-5)16-23-11-13-28(19,25-8-3)17-22-7-2/h18H,6-17H2,1-5H3. The van der Waals surface area contributed by atoms with Gasteiger partial charge in [0.15, 0.2) is 0 Å². The van der Waals surface area contributed by atoms with Crippen LogP contribution >= 0.6 is 15.0 Å². The van der Waals surface area contributed by atoms with Crippen LogP contribution < -0.4 is 0 Å². The van der Waals surface area contributed by atoms with Crippen molar-refractivity contribution in [2.75, 3.05) is 78.1 Å². The van der Waals surface area contributed by atoms with E-state index in [1.807, 2.05) is 13.8 Å². The largest absolute Gasteiger partial charge is 0.379 e. The van der Waals surface area contributed by atoms with Crippen LogP contribution in [0.3, 0.4) is 0 Å². The molecule has 0 aliphatic carbocycles. The number of rotatable bonds is 21. The second-order valence-corrected chi connectivity index (χ2v) is 10.8. The number of ether oxygens (including phenoxy) is 4. The van der Waals surface area contributed by atoms with E-state index in [0.29, 0.717) is 39.6 Å². The first-order chi connectivity index (χ1) is 13.9. The van der Waals surface area contributed by atoms with Gasteiger partial charge in [0.2, 0.25) is 7.37 Å². The lowest BCUT2D eigenvalue weighted by molar-refractivity contribution is -0.0526.